The number of anilines is 1. The Hall–Kier alpha value is -2.40. The molecule has 0 bridgehead atoms. The van der Waals surface area contributed by atoms with Crippen molar-refractivity contribution in [2.24, 2.45) is 0 Å². The zero-order valence-corrected chi connectivity index (χ0v) is 22.9. The molecule has 1 heterocycles. The number of methoxy groups -OCH3 is 2. The van der Waals surface area contributed by atoms with Crippen LogP contribution >= 0.6 is 34.8 Å². The summed E-state index contributed by atoms with van der Waals surface area (Å²) >= 11 is 18.5. The van der Waals surface area contributed by atoms with Crippen molar-refractivity contribution in [1.82, 2.24) is 4.90 Å². The molecule has 9 nitrogen and oxygen atoms in total. The molecule has 1 amide bonds. The first-order valence-electron chi connectivity index (χ1n) is 10.9. The molecule has 2 aromatic rings. The van der Waals surface area contributed by atoms with E-state index in [0.717, 1.165) is 31.4 Å². The van der Waals surface area contributed by atoms with Crippen LogP contribution in [0.5, 0.6) is 11.5 Å². The van der Waals surface area contributed by atoms with E-state index in [1.54, 1.807) is 4.90 Å². The molecule has 13 heteroatoms. The number of nitrogens with one attached hydrogen (secondary N) is 1. The maximum atomic E-state index is 13.2. The Kier molecular flexibility index (Phi) is 9.21. The van der Waals surface area contributed by atoms with E-state index < -0.39 is 27.0 Å². The fourth-order valence-corrected chi connectivity index (χ4v) is 5.83. The highest BCUT2D eigenvalue weighted by Gasteiger charge is 2.29. The van der Waals surface area contributed by atoms with Crippen LogP contribution in [0.1, 0.15) is 36.5 Å². The van der Waals surface area contributed by atoms with Crippen LogP contribution in [0, 0.1) is 0 Å². The van der Waals surface area contributed by atoms with Gasteiger partial charge in [0, 0.05) is 19.2 Å². The van der Waals surface area contributed by atoms with Crippen molar-refractivity contribution in [2.75, 3.05) is 32.0 Å². The number of nitrogens with zero attached hydrogens (tertiary/aromatic N) is 1. The molecule has 0 aliphatic carbocycles. The van der Waals surface area contributed by atoms with Gasteiger partial charge in [0.1, 0.15) is 16.4 Å². The average Bonchev–Trinajstić information content (AvgIpc) is 2.83. The summed E-state index contributed by atoms with van der Waals surface area (Å²) in [5.74, 6) is -0.879. The van der Waals surface area contributed by atoms with Crippen molar-refractivity contribution in [1.29, 1.82) is 0 Å². The lowest BCUT2D eigenvalue weighted by atomic mass is 10.1. The van der Waals surface area contributed by atoms with E-state index >= 15 is 0 Å². The standard InChI is InChI=1S/C23H25Cl3N2O7S/c1-13(22(29)28-7-5-4-6-8-28)35-23(30)14-9-21(17(26)10-15(14)24)36(31,32)27-18-11-16(25)19(33-2)12-20(18)34-3/h9-13,27H,4-8H2,1-3H3. The van der Waals surface area contributed by atoms with Crippen LogP contribution in [-0.2, 0) is 19.6 Å². The molecule has 1 aliphatic rings. The Morgan fingerprint density at radius 2 is 1.56 bits per heavy atom. The fraction of sp³-hybridized carbons (Fsp3) is 0.391. The lowest BCUT2D eigenvalue weighted by Gasteiger charge is -2.29. The average molecular weight is 580 g/mol. The van der Waals surface area contributed by atoms with Crippen molar-refractivity contribution in [3.05, 3.63) is 44.9 Å². The van der Waals surface area contributed by atoms with Crippen molar-refractivity contribution >= 4 is 62.4 Å². The Morgan fingerprint density at radius 3 is 2.17 bits per heavy atom. The number of piperidine rings is 1. The smallest absolute Gasteiger partial charge is 0.340 e. The number of esters is 1. The first-order chi connectivity index (χ1) is 17.0. The van der Waals surface area contributed by atoms with Crippen molar-refractivity contribution in [2.45, 2.75) is 37.2 Å². The molecule has 1 saturated heterocycles. The molecule has 0 saturated carbocycles. The quantitative estimate of drug-likeness (QED) is 0.437. The van der Waals surface area contributed by atoms with Gasteiger partial charge in [-0.25, -0.2) is 13.2 Å². The number of carbonyl (C=O) groups excluding carboxylic acids is 2. The van der Waals surface area contributed by atoms with Gasteiger partial charge in [-0.3, -0.25) is 9.52 Å². The molecule has 2 aromatic carbocycles. The lowest BCUT2D eigenvalue weighted by molar-refractivity contribution is -0.140. The molecular weight excluding hydrogens is 555 g/mol. The van der Waals surface area contributed by atoms with Gasteiger partial charge in [0.05, 0.1) is 40.5 Å². The maximum absolute atomic E-state index is 13.2. The zero-order chi connectivity index (χ0) is 26.6. The second kappa shape index (κ2) is 11.8. The summed E-state index contributed by atoms with van der Waals surface area (Å²) in [6.07, 6.45) is 1.73. The molecule has 1 unspecified atom stereocenters. The third-order valence-electron chi connectivity index (χ3n) is 5.55. The minimum absolute atomic E-state index is 0.0131. The first-order valence-corrected chi connectivity index (χ1v) is 13.5. The SMILES string of the molecule is COc1cc(OC)c(NS(=O)(=O)c2cc(C(=O)OC(C)C(=O)N3CCCCC3)c(Cl)cc2Cl)cc1Cl. The van der Waals surface area contributed by atoms with E-state index in [4.69, 9.17) is 49.0 Å². The summed E-state index contributed by atoms with van der Waals surface area (Å²) < 4.78 is 44.4. The van der Waals surface area contributed by atoms with Crippen LogP contribution in [0.25, 0.3) is 0 Å². The van der Waals surface area contributed by atoms with E-state index in [1.165, 1.54) is 33.3 Å². The third kappa shape index (κ3) is 6.29. The summed E-state index contributed by atoms with van der Waals surface area (Å²) in [4.78, 5) is 26.7. The Labute approximate surface area is 224 Å². The largest absolute Gasteiger partial charge is 0.495 e. The number of amides is 1. The molecule has 1 atom stereocenters. The van der Waals surface area contributed by atoms with Gasteiger partial charge in [0.25, 0.3) is 15.9 Å². The summed E-state index contributed by atoms with van der Waals surface area (Å²) in [7, 11) is -1.60. The fourth-order valence-electron chi connectivity index (χ4n) is 3.68. The summed E-state index contributed by atoms with van der Waals surface area (Å²) in [5, 5.41) is -0.235. The van der Waals surface area contributed by atoms with Crippen LogP contribution in [-0.4, -0.2) is 58.6 Å². The van der Waals surface area contributed by atoms with Crippen molar-refractivity contribution in [3.8, 4) is 11.5 Å². The van der Waals surface area contributed by atoms with E-state index in [9.17, 15) is 18.0 Å². The van der Waals surface area contributed by atoms with Gasteiger partial charge in [0.2, 0.25) is 0 Å². The number of likely N-dealkylation sites (tertiary alicyclic amines) is 1. The number of rotatable bonds is 8. The van der Waals surface area contributed by atoms with Gasteiger partial charge in [-0.2, -0.15) is 0 Å². The second-order valence-corrected chi connectivity index (χ2v) is 10.9. The summed E-state index contributed by atoms with van der Waals surface area (Å²) in [6, 6.07) is 4.82. The van der Waals surface area contributed by atoms with Crippen molar-refractivity contribution < 1.29 is 32.2 Å². The summed E-state index contributed by atoms with van der Waals surface area (Å²) in [5.41, 5.74) is -0.251. The molecule has 196 valence electrons. The number of hydrogen-bond donors (Lipinski definition) is 1. The van der Waals surface area contributed by atoms with Gasteiger partial charge in [-0.15, -0.1) is 0 Å². The molecule has 1 N–H and O–H groups in total. The molecule has 1 fully saturated rings. The first kappa shape index (κ1) is 28.2. The number of carbonyl (C=O) groups is 2. The number of hydrogen-bond acceptors (Lipinski definition) is 7. The predicted octanol–water partition coefficient (Wildman–Crippen LogP) is 5.02. The third-order valence-corrected chi connectivity index (χ3v) is 7.99. The summed E-state index contributed by atoms with van der Waals surface area (Å²) in [6.45, 7) is 2.64. The van der Waals surface area contributed by atoms with Crippen LogP contribution in [0.3, 0.4) is 0 Å². The highest BCUT2D eigenvalue weighted by atomic mass is 35.5. The molecular formula is C23H25Cl3N2O7S. The monoisotopic (exact) mass is 578 g/mol. The Bertz CT molecular complexity index is 1260. The molecule has 36 heavy (non-hydrogen) atoms. The number of benzene rings is 2. The number of sulfonamides is 1. The van der Waals surface area contributed by atoms with Gasteiger partial charge in [0.15, 0.2) is 6.10 Å². The molecule has 1 aliphatic heterocycles. The highest BCUT2D eigenvalue weighted by molar-refractivity contribution is 7.92. The van der Waals surface area contributed by atoms with Gasteiger partial charge in [-0.1, -0.05) is 34.8 Å². The van der Waals surface area contributed by atoms with Gasteiger partial charge < -0.3 is 19.1 Å². The number of ether oxygens (including phenoxy) is 3. The number of halogens is 3. The van der Waals surface area contributed by atoms with Crippen LogP contribution in [0.4, 0.5) is 5.69 Å². The lowest BCUT2D eigenvalue weighted by Crippen LogP contribution is -2.42. The van der Waals surface area contributed by atoms with E-state index in [1.807, 2.05) is 0 Å². The molecule has 0 spiro atoms. The minimum atomic E-state index is -4.35. The second-order valence-electron chi connectivity index (χ2n) is 7.99. The minimum Gasteiger partial charge on any atom is -0.495 e. The topological polar surface area (TPSA) is 111 Å². The van der Waals surface area contributed by atoms with E-state index in [2.05, 4.69) is 4.72 Å². The highest BCUT2D eigenvalue weighted by Crippen LogP contribution is 2.38. The molecule has 0 aromatic heterocycles. The zero-order valence-electron chi connectivity index (χ0n) is 19.8. The van der Waals surface area contributed by atoms with Gasteiger partial charge in [-0.05, 0) is 44.4 Å². The van der Waals surface area contributed by atoms with Crippen LogP contribution in [0.2, 0.25) is 15.1 Å². The Morgan fingerprint density at radius 1 is 0.917 bits per heavy atom. The van der Waals surface area contributed by atoms with Gasteiger partial charge >= 0.3 is 5.97 Å². The van der Waals surface area contributed by atoms with Crippen LogP contribution < -0.4 is 14.2 Å². The predicted molar refractivity (Wildman–Crippen MR) is 137 cm³/mol. The Balaban J connectivity index is 1.88. The molecule has 3 rings (SSSR count). The van der Waals surface area contributed by atoms with E-state index in [-0.39, 0.29) is 43.7 Å². The molecule has 0 radical (unpaired) electrons. The maximum Gasteiger partial charge on any atom is 0.340 e. The van der Waals surface area contributed by atoms with Crippen molar-refractivity contribution in [3.63, 3.8) is 0 Å². The normalized spacial score (nSPS) is 14.7. The van der Waals surface area contributed by atoms with Crippen LogP contribution in [0.15, 0.2) is 29.2 Å². The van der Waals surface area contributed by atoms with E-state index in [0.29, 0.717) is 13.1 Å².